The Balaban J connectivity index is 2.70. The summed E-state index contributed by atoms with van der Waals surface area (Å²) in [6.45, 7) is 1.86. The average molecular weight is 186 g/mol. The molecule has 2 N–H and O–H groups in total. The molecule has 0 radical (unpaired) electrons. The van der Waals surface area contributed by atoms with Gasteiger partial charge >= 0.3 is 0 Å². The van der Waals surface area contributed by atoms with E-state index in [0.717, 1.165) is 5.82 Å². The largest absolute Gasteiger partial charge is 0.349 e. The van der Waals surface area contributed by atoms with E-state index in [9.17, 15) is 4.79 Å². The lowest BCUT2D eigenvalue weighted by Gasteiger charge is -1.99. The summed E-state index contributed by atoms with van der Waals surface area (Å²) in [4.78, 5) is 10.6. The summed E-state index contributed by atoms with van der Waals surface area (Å²) in [5.74, 6) is 0.638. The fourth-order valence-electron chi connectivity index (χ4n) is 0.741. The van der Waals surface area contributed by atoms with Crippen molar-refractivity contribution in [3.63, 3.8) is 0 Å². The number of hydrogen-bond donors (Lipinski definition) is 2. The maximum Gasteiger partial charge on any atom is 0.217 e. The van der Waals surface area contributed by atoms with Gasteiger partial charge in [-0.3, -0.25) is 9.89 Å². The van der Waals surface area contributed by atoms with Crippen molar-refractivity contribution in [2.24, 2.45) is 7.05 Å². The summed E-state index contributed by atoms with van der Waals surface area (Å²) < 4.78 is 2.26. The summed E-state index contributed by atoms with van der Waals surface area (Å²) in [5, 5.41) is 9.17. The first-order chi connectivity index (χ1) is 5.61. The molecule has 0 spiro atoms. The van der Waals surface area contributed by atoms with E-state index in [0.29, 0.717) is 11.3 Å². The van der Waals surface area contributed by atoms with Gasteiger partial charge in [0.2, 0.25) is 5.91 Å². The molecule has 0 saturated carbocycles. The van der Waals surface area contributed by atoms with Crippen LogP contribution in [-0.2, 0) is 18.4 Å². The molecule has 66 valence electrons. The maximum absolute atomic E-state index is 10.6. The van der Waals surface area contributed by atoms with Gasteiger partial charge in [-0.05, 0) is 12.2 Å². The molecule has 1 rings (SSSR count). The van der Waals surface area contributed by atoms with Crippen molar-refractivity contribution in [3.8, 4) is 0 Å². The monoisotopic (exact) mass is 186 g/mol. The predicted molar refractivity (Wildman–Crippen MR) is 45.9 cm³/mol. The van der Waals surface area contributed by atoms with Crippen LogP contribution in [0.2, 0.25) is 0 Å². The Bertz CT molecular complexity index is 340. The average Bonchev–Trinajstić information content (AvgIpc) is 2.30. The van der Waals surface area contributed by atoms with Crippen LogP contribution in [0, 0.1) is 4.77 Å². The van der Waals surface area contributed by atoms with Crippen molar-refractivity contribution in [2.45, 2.75) is 13.5 Å². The Morgan fingerprint density at radius 2 is 2.50 bits per heavy atom. The smallest absolute Gasteiger partial charge is 0.217 e. The molecule has 0 unspecified atom stereocenters. The van der Waals surface area contributed by atoms with Crippen molar-refractivity contribution < 1.29 is 4.79 Å². The molecule has 6 heteroatoms. The zero-order valence-corrected chi connectivity index (χ0v) is 7.73. The summed E-state index contributed by atoms with van der Waals surface area (Å²) in [7, 11) is 1.79. The molecule has 5 nitrogen and oxygen atoms in total. The van der Waals surface area contributed by atoms with Gasteiger partial charge in [0.25, 0.3) is 0 Å². The molecule has 12 heavy (non-hydrogen) atoms. The fraction of sp³-hybridized carbons (Fsp3) is 0.500. The van der Waals surface area contributed by atoms with Gasteiger partial charge in [-0.1, -0.05) is 0 Å². The molecule has 1 heterocycles. The van der Waals surface area contributed by atoms with Crippen LogP contribution in [0.4, 0.5) is 0 Å². The first-order valence-corrected chi connectivity index (χ1v) is 3.87. The molecular formula is C6H10N4OS. The lowest BCUT2D eigenvalue weighted by atomic mass is 10.5. The summed E-state index contributed by atoms with van der Waals surface area (Å²) in [5.41, 5.74) is 0. The van der Waals surface area contributed by atoms with Crippen LogP contribution in [0.25, 0.3) is 0 Å². The molecule has 0 fully saturated rings. The first-order valence-electron chi connectivity index (χ1n) is 3.46. The number of carbonyl (C=O) groups excluding carboxylic acids is 1. The maximum atomic E-state index is 10.6. The van der Waals surface area contributed by atoms with E-state index in [-0.39, 0.29) is 5.91 Å². The number of H-pyrrole nitrogens is 1. The molecule has 0 bridgehead atoms. The van der Waals surface area contributed by atoms with Gasteiger partial charge < -0.3 is 9.88 Å². The second kappa shape index (κ2) is 3.48. The molecule has 0 atom stereocenters. The molecule has 0 aliphatic carbocycles. The summed E-state index contributed by atoms with van der Waals surface area (Å²) >= 11 is 4.89. The molecule has 0 saturated heterocycles. The van der Waals surface area contributed by atoms with Crippen LogP contribution < -0.4 is 5.32 Å². The van der Waals surface area contributed by atoms with Crippen LogP contribution >= 0.6 is 12.2 Å². The van der Waals surface area contributed by atoms with Crippen LogP contribution in [0.5, 0.6) is 0 Å². The number of nitrogens with one attached hydrogen (secondary N) is 2. The van der Waals surface area contributed by atoms with E-state index in [1.807, 2.05) is 0 Å². The van der Waals surface area contributed by atoms with E-state index in [4.69, 9.17) is 12.2 Å². The van der Waals surface area contributed by atoms with Crippen molar-refractivity contribution in [1.82, 2.24) is 20.1 Å². The molecule has 1 aromatic rings. The number of aromatic amines is 1. The number of hydrogen-bond acceptors (Lipinski definition) is 3. The standard InChI is InChI=1S/C6H10N4OS/c1-4(11)7-3-5-8-9-6(12)10(5)2/h3H2,1-2H3,(H,7,11)(H,9,12). The van der Waals surface area contributed by atoms with Gasteiger partial charge in [-0.25, -0.2) is 0 Å². The Labute approximate surface area is 74.8 Å². The summed E-state index contributed by atoms with van der Waals surface area (Å²) in [6.07, 6.45) is 0. The van der Waals surface area contributed by atoms with Gasteiger partial charge in [0.05, 0.1) is 6.54 Å². The van der Waals surface area contributed by atoms with Gasteiger partial charge in [-0.2, -0.15) is 5.10 Å². The number of aromatic nitrogens is 3. The highest BCUT2D eigenvalue weighted by molar-refractivity contribution is 7.71. The van der Waals surface area contributed by atoms with Gasteiger partial charge in [-0.15, -0.1) is 0 Å². The van der Waals surface area contributed by atoms with Gasteiger partial charge in [0.15, 0.2) is 10.6 Å². The minimum atomic E-state index is -0.0797. The SMILES string of the molecule is CC(=O)NCc1n[nH]c(=S)n1C. The zero-order valence-electron chi connectivity index (χ0n) is 6.92. The highest BCUT2D eigenvalue weighted by Gasteiger charge is 2.01. The number of carbonyl (C=O) groups is 1. The third kappa shape index (κ3) is 1.91. The minimum Gasteiger partial charge on any atom is -0.349 e. The number of rotatable bonds is 2. The first kappa shape index (κ1) is 8.92. The van der Waals surface area contributed by atoms with Gasteiger partial charge in [0, 0.05) is 14.0 Å². The Morgan fingerprint density at radius 3 is 2.92 bits per heavy atom. The Morgan fingerprint density at radius 1 is 1.83 bits per heavy atom. The number of amides is 1. The van der Waals surface area contributed by atoms with Crippen molar-refractivity contribution in [1.29, 1.82) is 0 Å². The normalized spacial score (nSPS) is 9.83. The van der Waals surface area contributed by atoms with Crippen molar-refractivity contribution >= 4 is 18.1 Å². The molecule has 1 amide bonds. The van der Waals surface area contributed by atoms with E-state index in [1.165, 1.54) is 6.92 Å². The van der Waals surface area contributed by atoms with E-state index >= 15 is 0 Å². The molecule has 0 aliphatic rings. The fourth-order valence-corrected chi connectivity index (χ4v) is 0.892. The lowest BCUT2D eigenvalue weighted by molar-refractivity contribution is -0.119. The van der Waals surface area contributed by atoms with Crippen LogP contribution in [0.15, 0.2) is 0 Å². The van der Waals surface area contributed by atoms with Crippen molar-refractivity contribution in [2.75, 3.05) is 0 Å². The zero-order chi connectivity index (χ0) is 9.14. The van der Waals surface area contributed by atoms with Crippen LogP contribution in [0.1, 0.15) is 12.7 Å². The molecule has 0 aromatic carbocycles. The Hall–Kier alpha value is -1.17. The van der Waals surface area contributed by atoms with Gasteiger partial charge in [0.1, 0.15) is 0 Å². The van der Waals surface area contributed by atoms with Crippen molar-refractivity contribution in [3.05, 3.63) is 10.6 Å². The summed E-state index contributed by atoms with van der Waals surface area (Å²) in [6, 6.07) is 0. The molecule has 0 aliphatic heterocycles. The highest BCUT2D eigenvalue weighted by atomic mass is 32.1. The molecule has 1 aromatic heterocycles. The lowest BCUT2D eigenvalue weighted by Crippen LogP contribution is -2.21. The number of nitrogens with zero attached hydrogens (tertiary/aromatic N) is 2. The Kier molecular flexibility index (Phi) is 2.59. The second-order valence-electron chi connectivity index (χ2n) is 2.41. The second-order valence-corrected chi connectivity index (χ2v) is 2.80. The minimum absolute atomic E-state index is 0.0797. The topological polar surface area (TPSA) is 62.7 Å². The third-order valence-electron chi connectivity index (χ3n) is 1.47. The van der Waals surface area contributed by atoms with Crippen LogP contribution in [-0.4, -0.2) is 20.7 Å². The van der Waals surface area contributed by atoms with E-state index < -0.39 is 0 Å². The van der Waals surface area contributed by atoms with Crippen LogP contribution in [0.3, 0.4) is 0 Å². The predicted octanol–water partition coefficient (Wildman–Crippen LogP) is 0.114. The third-order valence-corrected chi connectivity index (χ3v) is 1.83. The highest BCUT2D eigenvalue weighted by Crippen LogP contribution is 1.92. The van der Waals surface area contributed by atoms with E-state index in [2.05, 4.69) is 15.5 Å². The quantitative estimate of drug-likeness (QED) is 0.644. The molecular weight excluding hydrogens is 176 g/mol. The van der Waals surface area contributed by atoms with E-state index in [1.54, 1.807) is 11.6 Å².